The molecule has 1 fully saturated rings. The van der Waals surface area contributed by atoms with E-state index in [1.54, 1.807) is 12.1 Å². The number of aliphatic carboxylic acids is 1. The number of carboxylic acids is 1. The average molecular weight is 387 g/mol. The van der Waals surface area contributed by atoms with Gasteiger partial charge in [-0.15, -0.1) is 0 Å². The molecule has 2 atom stereocenters. The summed E-state index contributed by atoms with van der Waals surface area (Å²) in [5.74, 6) is -0.109. The van der Waals surface area contributed by atoms with E-state index >= 15 is 0 Å². The lowest BCUT2D eigenvalue weighted by atomic mass is 9.72. The number of rotatable bonds is 5. The van der Waals surface area contributed by atoms with Gasteiger partial charge in [-0.05, 0) is 48.2 Å². The molecule has 0 spiro atoms. The summed E-state index contributed by atoms with van der Waals surface area (Å²) in [7, 11) is 0. The molecule has 0 radical (unpaired) electrons. The van der Waals surface area contributed by atoms with Crippen molar-refractivity contribution in [1.82, 2.24) is 4.90 Å². The maximum atomic E-state index is 13.6. The summed E-state index contributed by atoms with van der Waals surface area (Å²) in [6, 6.07) is 11.6. The number of fused-ring (bicyclic) bond motifs is 1. The van der Waals surface area contributed by atoms with Crippen LogP contribution in [0.4, 0.5) is 4.39 Å². The summed E-state index contributed by atoms with van der Waals surface area (Å²) < 4.78 is 24.3. The minimum Gasteiger partial charge on any atom is -0.481 e. The number of benzene rings is 2. The number of aliphatic hydroxyl groups is 1. The van der Waals surface area contributed by atoms with Crippen LogP contribution in [0.25, 0.3) is 0 Å². The van der Waals surface area contributed by atoms with Gasteiger partial charge in [0.1, 0.15) is 11.2 Å². The Morgan fingerprint density at radius 3 is 2.79 bits per heavy atom. The van der Waals surface area contributed by atoms with Gasteiger partial charge in [-0.2, -0.15) is 0 Å². The maximum Gasteiger partial charge on any atom is 0.313 e. The lowest BCUT2D eigenvalue weighted by Crippen LogP contribution is -2.56. The van der Waals surface area contributed by atoms with Crippen LogP contribution in [0.3, 0.4) is 0 Å². The van der Waals surface area contributed by atoms with E-state index in [4.69, 9.17) is 9.47 Å². The van der Waals surface area contributed by atoms with Crippen molar-refractivity contribution in [2.75, 3.05) is 19.9 Å². The molecule has 148 valence electrons. The summed E-state index contributed by atoms with van der Waals surface area (Å²) >= 11 is 0. The quantitative estimate of drug-likeness (QED) is 0.821. The van der Waals surface area contributed by atoms with Crippen molar-refractivity contribution in [2.45, 2.75) is 25.5 Å². The van der Waals surface area contributed by atoms with Crippen LogP contribution in [0.2, 0.25) is 0 Å². The van der Waals surface area contributed by atoms with Crippen molar-refractivity contribution in [2.24, 2.45) is 5.41 Å². The van der Waals surface area contributed by atoms with Crippen molar-refractivity contribution in [1.29, 1.82) is 0 Å². The number of halogens is 1. The molecule has 0 saturated carbocycles. The van der Waals surface area contributed by atoms with Gasteiger partial charge < -0.3 is 19.7 Å². The summed E-state index contributed by atoms with van der Waals surface area (Å²) in [5.41, 5.74) is 0.152. The molecular weight excluding hydrogens is 365 g/mol. The highest BCUT2D eigenvalue weighted by Gasteiger charge is 2.49. The molecule has 0 aromatic heterocycles. The largest absolute Gasteiger partial charge is 0.481 e. The summed E-state index contributed by atoms with van der Waals surface area (Å²) in [4.78, 5) is 14.2. The first-order chi connectivity index (χ1) is 13.5. The van der Waals surface area contributed by atoms with Crippen molar-refractivity contribution in [3.8, 4) is 11.5 Å². The third kappa shape index (κ3) is 3.55. The van der Waals surface area contributed by atoms with Gasteiger partial charge in [0, 0.05) is 19.6 Å². The molecular formula is C21H22FNO5. The van der Waals surface area contributed by atoms with E-state index < -0.39 is 23.3 Å². The van der Waals surface area contributed by atoms with Crippen molar-refractivity contribution < 1.29 is 28.9 Å². The molecule has 0 aliphatic carbocycles. The van der Waals surface area contributed by atoms with E-state index in [-0.39, 0.29) is 19.8 Å². The molecule has 2 N–H and O–H groups in total. The second kappa shape index (κ2) is 7.41. The molecule has 28 heavy (non-hydrogen) atoms. The first-order valence-corrected chi connectivity index (χ1v) is 9.23. The second-order valence-electron chi connectivity index (χ2n) is 7.47. The topological polar surface area (TPSA) is 79.2 Å². The van der Waals surface area contributed by atoms with E-state index in [9.17, 15) is 19.4 Å². The van der Waals surface area contributed by atoms with Gasteiger partial charge in [0.25, 0.3) is 0 Å². The normalized spacial score (nSPS) is 24.3. The van der Waals surface area contributed by atoms with Gasteiger partial charge in [-0.3, -0.25) is 9.69 Å². The van der Waals surface area contributed by atoms with E-state index in [0.717, 1.165) is 5.56 Å². The molecule has 7 heteroatoms. The third-order valence-corrected chi connectivity index (χ3v) is 5.54. The zero-order chi connectivity index (χ0) is 19.7. The minimum absolute atomic E-state index is 0.0684. The first kappa shape index (κ1) is 18.7. The Morgan fingerprint density at radius 2 is 2.00 bits per heavy atom. The summed E-state index contributed by atoms with van der Waals surface area (Å²) in [5, 5.41) is 20.6. The molecule has 4 rings (SSSR count). The zero-order valence-electron chi connectivity index (χ0n) is 15.3. The Morgan fingerprint density at radius 1 is 1.18 bits per heavy atom. The lowest BCUT2D eigenvalue weighted by Gasteiger charge is -2.43. The van der Waals surface area contributed by atoms with Gasteiger partial charge in [-0.1, -0.05) is 18.2 Å². The van der Waals surface area contributed by atoms with E-state index in [0.29, 0.717) is 36.6 Å². The van der Waals surface area contributed by atoms with Gasteiger partial charge >= 0.3 is 5.97 Å². The van der Waals surface area contributed by atoms with Crippen LogP contribution in [0.5, 0.6) is 11.5 Å². The third-order valence-electron chi connectivity index (χ3n) is 5.54. The minimum atomic E-state index is -1.39. The maximum absolute atomic E-state index is 13.6. The summed E-state index contributed by atoms with van der Waals surface area (Å²) in [6.45, 7) is 1.48. The van der Waals surface area contributed by atoms with Crippen molar-refractivity contribution >= 4 is 5.97 Å². The highest BCUT2D eigenvalue weighted by molar-refractivity contribution is 5.76. The lowest BCUT2D eigenvalue weighted by molar-refractivity contribution is -0.163. The van der Waals surface area contributed by atoms with Crippen molar-refractivity contribution in [3.63, 3.8) is 0 Å². The highest BCUT2D eigenvalue weighted by atomic mass is 19.1. The predicted octanol–water partition coefficient (Wildman–Crippen LogP) is 2.43. The molecule has 0 bridgehead atoms. The number of nitrogens with zero attached hydrogens (tertiary/aromatic N) is 1. The average Bonchev–Trinajstić information content (AvgIpc) is 3.12. The van der Waals surface area contributed by atoms with E-state index in [1.165, 1.54) is 12.1 Å². The Labute approximate surface area is 162 Å². The number of piperidine rings is 1. The molecule has 0 unspecified atom stereocenters. The summed E-state index contributed by atoms with van der Waals surface area (Å²) in [6.07, 6.45) is -0.591. The van der Waals surface area contributed by atoms with Gasteiger partial charge in [-0.25, -0.2) is 4.39 Å². The molecule has 0 amide bonds. The molecule has 2 aliphatic heterocycles. The fraction of sp³-hybridized carbons (Fsp3) is 0.381. The monoisotopic (exact) mass is 387 g/mol. The van der Waals surface area contributed by atoms with Crippen LogP contribution in [-0.2, 0) is 17.8 Å². The van der Waals surface area contributed by atoms with Crippen LogP contribution in [0, 0.1) is 11.2 Å². The van der Waals surface area contributed by atoms with Gasteiger partial charge in [0.2, 0.25) is 6.79 Å². The SMILES string of the molecule is O=C(O)[C@]1(Cc2cccc(F)c2)CN(Cc2ccc3c(c2)OCO3)CC[C@H]1O. The number of hydrogen-bond donors (Lipinski definition) is 2. The Balaban J connectivity index is 1.55. The molecule has 2 aliphatic rings. The van der Waals surface area contributed by atoms with E-state index in [1.807, 2.05) is 23.1 Å². The first-order valence-electron chi connectivity index (χ1n) is 9.23. The standard InChI is InChI=1S/C21H22FNO5/c22-16-3-1-2-14(8-16)10-21(20(25)26)12-23(7-6-19(21)24)11-15-4-5-17-18(9-15)28-13-27-17/h1-5,8-9,19,24H,6-7,10-13H2,(H,25,26)/t19-,21-/m1/s1. The van der Waals surface area contributed by atoms with E-state index in [2.05, 4.69) is 0 Å². The number of carbonyl (C=O) groups is 1. The van der Waals surface area contributed by atoms with Gasteiger partial charge in [0.05, 0.1) is 6.10 Å². The highest BCUT2D eigenvalue weighted by Crippen LogP contribution is 2.37. The van der Waals surface area contributed by atoms with Crippen LogP contribution in [0.1, 0.15) is 17.5 Å². The van der Waals surface area contributed by atoms with Crippen LogP contribution >= 0.6 is 0 Å². The van der Waals surface area contributed by atoms with Crippen LogP contribution in [-0.4, -0.2) is 47.1 Å². The zero-order valence-corrected chi connectivity index (χ0v) is 15.3. The van der Waals surface area contributed by atoms with Gasteiger partial charge in [0.15, 0.2) is 11.5 Å². The Hall–Kier alpha value is -2.64. The van der Waals surface area contributed by atoms with Crippen molar-refractivity contribution in [3.05, 3.63) is 59.4 Å². The number of likely N-dealkylation sites (tertiary alicyclic amines) is 1. The number of ether oxygens (including phenoxy) is 2. The second-order valence-corrected chi connectivity index (χ2v) is 7.47. The smallest absolute Gasteiger partial charge is 0.313 e. The number of hydrogen-bond acceptors (Lipinski definition) is 5. The number of aliphatic hydroxyl groups excluding tert-OH is 1. The molecule has 1 saturated heterocycles. The van der Waals surface area contributed by atoms with Crippen LogP contribution < -0.4 is 9.47 Å². The Kier molecular flexibility index (Phi) is 4.95. The fourth-order valence-electron chi connectivity index (χ4n) is 4.07. The molecule has 2 aromatic rings. The fourth-order valence-corrected chi connectivity index (χ4v) is 4.07. The number of carboxylic acid groups (broad SMARTS) is 1. The Bertz CT molecular complexity index is 889. The molecule has 2 aromatic carbocycles. The molecule has 2 heterocycles. The van der Waals surface area contributed by atoms with Crippen LogP contribution in [0.15, 0.2) is 42.5 Å². The molecule has 6 nitrogen and oxygen atoms in total. The predicted molar refractivity (Wildman–Crippen MR) is 98.6 cm³/mol.